The van der Waals surface area contributed by atoms with E-state index in [1.54, 1.807) is 0 Å². The van der Waals surface area contributed by atoms with Gasteiger partial charge < -0.3 is 25.3 Å². The lowest BCUT2D eigenvalue weighted by Crippen LogP contribution is -2.54. The van der Waals surface area contributed by atoms with Crippen molar-refractivity contribution in [2.75, 3.05) is 32.5 Å². The molecule has 4 heterocycles. The molecule has 4 N–H and O–H groups in total. The Morgan fingerprint density at radius 1 is 1.02 bits per heavy atom. The Bertz CT molecular complexity index is 1430. The van der Waals surface area contributed by atoms with E-state index in [1.807, 2.05) is 27.8 Å². The number of benzene rings is 1. The number of aromatic nitrogens is 5. The molecule has 0 spiro atoms. The van der Waals surface area contributed by atoms with Crippen molar-refractivity contribution in [2.24, 2.45) is 0 Å². The van der Waals surface area contributed by atoms with Gasteiger partial charge >= 0.3 is 0 Å². The van der Waals surface area contributed by atoms with Crippen molar-refractivity contribution in [3.8, 4) is 11.3 Å². The Kier molecular flexibility index (Phi) is 8.67. The van der Waals surface area contributed by atoms with Crippen LogP contribution in [0.15, 0.2) is 18.3 Å². The molecule has 5 rings (SSSR count). The molecule has 3 aromatic rings. The molecule has 6 atom stereocenters. The molecule has 1 aromatic carbocycles. The van der Waals surface area contributed by atoms with Crippen molar-refractivity contribution in [3.63, 3.8) is 0 Å². The van der Waals surface area contributed by atoms with Crippen molar-refractivity contribution in [1.82, 2.24) is 29.9 Å². The summed E-state index contributed by atoms with van der Waals surface area (Å²) in [5, 5.41) is 52.5. The molecular formula is C28H37F3N6O4S. The second-order valence-electron chi connectivity index (χ2n) is 11.5. The molecule has 2 aliphatic heterocycles. The first-order valence-electron chi connectivity index (χ1n) is 13.9. The summed E-state index contributed by atoms with van der Waals surface area (Å²) in [5.74, 6) is -4.22. The van der Waals surface area contributed by atoms with Gasteiger partial charge in [-0.05, 0) is 52.8 Å². The monoisotopic (exact) mass is 610 g/mol. The van der Waals surface area contributed by atoms with Crippen molar-refractivity contribution >= 4 is 10.9 Å². The number of thiol groups is 1. The van der Waals surface area contributed by atoms with Gasteiger partial charge in [-0.3, -0.25) is 9.97 Å². The van der Waals surface area contributed by atoms with E-state index >= 15 is 0 Å². The van der Waals surface area contributed by atoms with Crippen LogP contribution in [0.3, 0.4) is 0 Å². The predicted octanol–water partition coefficient (Wildman–Crippen LogP) is 1.91. The Labute approximate surface area is 244 Å². The van der Waals surface area contributed by atoms with Gasteiger partial charge in [-0.15, -0.1) is 5.10 Å². The maximum Gasteiger partial charge on any atom is 0.194 e. The SMILES string of the molecule is Cc1nc(C)c([C@@H]([SH]2C[C@H](O)[C@H](n3cc(-c4cc(F)c(F)c(F)c4)nn3)[C@@H](O)[C@H]2CO)C2(O)CCN(C)CC2)nc1C. The topological polar surface area (TPSA) is 141 Å². The number of hydrogen-bond donors (Lipinski definition) is 5. The predicted molar refractivity (Wildman–Crippen MR) is 152 cm³/mol. The molecule has 2 aliphatic rings. The molecule has 0 aliphatic carbocycles. The van der Waals surface area contributed by atoms with E-state index in [9.17, 15) is 33.6 Å². The van der Waals surface area contributed by atoms with Gasteiger partial charge in [0.1, 0.15) is 11.7 Å². The fraction of sp³-hybridized carbons (Fsp3) is 0.571. The molecule has 2 fully saturated rings. The first-order valence-corrected chi connectivity index (χ1v) is 15.5. The summed E-state index contributed by atoms with van der Waals surface area (Å²) in [6.07, 6.45) is -0.259. The first kappa shape index (κ1) is 30.8. The van der Waals surface area contributed by atoms with Crippen molar-refractivity contribution < 1.29 is 33.6 Å². The Hall–Kier alpha value is -2.62. The van der Waals surface area contributed by atoms with Gasteiger partial charge in [0.2, 0.25) is 0 Å². The average molecular weight is 611 g/mol. The third-order valence-corrected chi connectivity index (χ3v) is 12.2. The highest BCUT2D eigenvalue weighted by atomic mass is 32.2. The van der Waals surface area contributed by atoms with Crippen LogP contribution < -0.4 is 0 Å². The van der Waals surface area contributed by atoms with E-state index in [4.69, 9.17) is 4.98 Å². The summed E-state index contributed by atoms with van der Waals surface area (Å²) in [6.45, 7) is 6.42. The van der Waals surface area contributed by atoms with Gasteiger partial charge in [-0.25, -0.2) is 28.7 Å². The average Bonchev–Trinajstić information content (AvgIpc) is 3.41. The van der Waals surface area contributed by atoms with Crippen molar-refractivity contribution in [1.29, 1.82) is 0 Å². The second kappa shape index (κ2) is 11.8. The summed E-state index contributed by atoms with van der Waals surface area (Å²) in [6, 6.07) is 0.531. The van der Waals surface area contributed by atoms with Crippen LogP contribution in [0.4, 0.5) is 13.2 Å². The highest BCUT2D eigenvalue weighted by molar-refractivity contribution is 8.18. The molecule has 0 saturated carbocycles. The normalized spacial score (nSPS) is 28.1. The molecular weight excluding hydrogens is 573 g/mol. The number of aliphatic hydroxyl groups excluding tert-OH is 3. The quantitative estimate of drug-likeness (QED) is 0.209. The molecule has 230 valence electrons. The van der Waals surface area contributed by atoms with E-state index < -0.39 is 69.3 Å². The minimum atomic E-state index is -1.60. The van der Waals surface area contributed by atoms with Crippen LogP contribution in [-0.2, 0) is 0 Å². The number of hydrogen-bond acceptors (Lipinski definition) is 9. The number of aryl methyl sites for hydroxylation is 3. The lowest BCUT2D eigenvalue weighted by molar-refractivity contribution is -0.0227. The second-order valence-corrected chi connectivity index (χ2v) is 14.1. The van der Waals surface area contributed by atoms with E-state index in [-0.39, 0.29) is 17.0 Å². The summed E-state index contributed by atoms with van der Waals surface area (Å²) in [5.41, 5.74) is 1.50. The van der Waals surface area contributed by atoms with Crippen LogP contribution in [0.5, 0.6) is 0 Å². The molecule has 2 saturated heterocycles. The minimum Gasteiger partial charge on any atom is -0.395 e. The Balaban J connectivity index is 1.52. The van der Waals surface area contributed by atoms with Gasteiger partial charge in [-0.1, -0.05) is 5.21 Å². The smallest absolute Gasteiger partial charge is 0.194 e. The van der Waals surface area contributed by atoms with Gasteiger partial charge in [0.15, 0.2) is 17.5 Å². The van der Waals surface area contributed by atoms with Gasteiger partial charge in [0.05, 0.1) is 58.6 Å². The maximum atomic E-state index is 13.8. The zero-order chi connectivity index (χ0) is 30.5. The molecule has 0 amide bonds. The van der Waals surface area contributed by atoms with Crippen molar-refractivity contribution in [3.05, 3.63) is 58.6 Å². The van der Waals surface area contributed by atoms with E-state index in [0.717, 1.165) is 17.8 Å². The molecule has 10 nitrogen and oxygen atoms in total. The van der Waals surface area contributed by atoms with Crippen LogP contribution >= 0.6 is 10.9 Å². The fourth-order valence-corrected chi connectivity index (χ4v) is 9.93. The van der Waals surface area contributed by atoms with Crippen LogP contribution in [0.25, 0.3) is 11.3 Å². The lowest BCUT2D eigenvalue weighted by atomic mass is 9.86. The summed E-state index contributed by atoms with van der Waals surface area (Å²) in [7, 11) is 0.516. The summed E-state index contributed by atoms with van der Waals surface area (Å²) in [4.78, 5) is 11.7. The van der Waals surface area contributed by atoms with Gasteiger partial charge in [0, 0.05) is 29.7 Å². The zero-order valence-corrected chi connectivity index (χ0v) is 24.8. The van der Waals surface area contributed by atoms with Gasteiger partial charge in [-0.2, -0.15) is 0 Å². The molecule has 0 bridgehead atoms. The van der Waals surface area contributed by atoms with Crippen LogP contribution in [-0.4, -0.2) is 106 Å². The van der Waals surface area contributed by atoms with Crippen LogP contribution in [0.1, 0.15) is 46.9 Å². The third-order valence-electron chi connectivity index (χ3n) is 8.72. The summed E-state index contributed by atoms with van der Waals surface area (Å²) < 4.78 is 42.4. The highest BCUT2D eigenvalue weighted by Crippen LogP contribution is 2.59. The Morgan fingerprint density at radius 2 is 1.64 bits per heavy atom. The molecule has 1 unspecified atom stereocenters. The molecule has 2 aromatic heterocycles. The van der Waals surface area contributed by atoms with E-state index in [1.165, 1.54) is 10.9 Å². The maximum absolute atomic E-state index is 13.8. The third kappa shape index (κ3) is 5.55. The van der Waals surface area contributed by atoms with E-state index in [2.05, 4.69) is 20.2 Å². The van der Waals surface area contributed by atoms with Crippen LogP contribution in [0.2, 0.25) is 0 Å². The first-order chi connectivity index (χ1) is 19.8. The molecule has 0 radical (unpaired) electrons. The van der Waals surface area contributed by atoms with Crippen molar-refractivity contribution in [2.45, 2.75) is 68.0 Å². The molecule has 42 heavy (non-hydrogen) atoms. The largest absolute Gasteiger partial charge is 0.395 e. The standard InChI is InChI=1S/C28H37F3N6O4S/c1-14-15(2)33-24(16(3)32-14)27(28(41)5-7-36(4)8-6-28)42-13-21(39)25(26(40)22(42)12-38)37-11-20(34-35-37)17-9-18(29)23(31)19(30)10-17/h9-11,21-22,25-27,38-42H,5-8,12-13H2,1-4H3/t21-,22+,25-,26-,27+/m0/s1. The van der Waals surface area contributed by atoms with Gasteiger partial charge in [0.25, 0.3) is 0 Å². The summed E-state index contributed by atoms with van der Waals surface area (Å²) >= 11 is 0. The lowest BCUT2D eigenvalue weighted by Gasteiger charge is -2.53. The number of likely N-dealkylation sites (tertiary alicyclic amines) is 1. The number of rotatable bonds is 6. The molecule has 14 heteroatoms. The highest BCUT2D eigenvalue weighted by Gasteiger charge is 2.52. The Morgan fingerprint density at radius 3 is 2.26 bits per heavy atom. The van der Waals surface area contributed by atoms with E-state index in [0.29, 0.717) is 43.0 Å². The zero-order valence-electron chi connectivity index (χ0n) is 23.9. The minimum absolute atomic E-state index is 0.0140. The number of aliphatic hydroxyl groups is 4. The number of piperidine rings is 1. The number of halogens is 3. The number of nitrogens with zero attached hydrogens (tertiary/aromatic N) is 6. The fourth-order valence-electron chi connectivity index (χ4n) is 6.20. The van der Waals surface area contributed by atoms with Crippen LogP contribution in [0, 0.1) is 38.2 Å².